The quantitative estimate of drug-likeness (QED) is 0.319. The predicted molar refractivity (Wildman–Crippen MR) is 67.5 cm³/mol. The van der Waals surface area contributed by atoms with Gasteiger partial charge in [0.2, 0.25) is 0 Å². The number of hydrogen-bond acceptors (Lipinski definition) is 3. The van der Waals surface area contributed by atoms with Crippen molar-refractivity contribution < 1.29 is 9.26 Å². The Balaban J connectivity index is 4.62. The molecular weight excluding hydrogens is 206 g/mol. The third-order valence-electron chi connectivity index (χ3n) is 2.82. The Kier molecular flexibility index (Phi) is 4.58. The molecule has 0 fully saturated rings. The molecule has 0 aliphatic rings. The number of rotatable bonds is 4. The minimum Gasteiger partial charge on any atom is -0.543 e. The lowest BCUT2D eigenvalue weighted by Gasteiger charge is -2.36. The zero-order chi connectivity index (χ0) is 12.3. The fourth-order valence-corrected chi connectivity index (χ4v) is 1.79. The number of allylic oxidation sites excluding steroid dienone is 1. The molecule has 0 saturated heterocycles. The van der Waals surface area contributed by atoms with E-state index in [1.54, 1.807) is 0 Å². The SMILES string of the molecule is C=C(O[Si](C)(C)C(C)(C)C)C(C)=NOC. The van der Waals surface area contributed by atoms with E-state index in [0.29, 0.717) is 11.5 Å². The van der Waals surface area contributed by atoms with Crippen molar-refractivity contribution >= 4 is 14.0 Å². The largest absolute Gasteiger partial charge is 0.543 e. The molecule has 0 aromatic rings. The molecule has 0 heterocycles. The molecular formula is C11H23NO2Si. The molecule has 0 bridgehead atoms. The highest BCUT2D eigenvalue weighted by Gasteiger charge is 2.39. The van der Waals surface area contributed by atoms with Gasteiger partial charge in [0.05, 0.1) is 0 Å². The van der Waals surface area contributed by atoms with Crippen LogP contribution in [0.3, 0.4) is 0 Å². The smallest absolute Gasteiger partial charge is 0.250 e. The van der Waals surface area contributed by atoms with Crippen LogP contribution in [-0.2, 0) is 9.26 Å². The Hall–Kier alpha value is -0.773. The highest BCUT2D eigenvalue weighted by Crippen LogP contribution is 2.37. The van der Waals surface area contributed by atoms with Crippen molar-refractivity contribution in [3.63, 3.8) is 0 Å². The summed E-state index contributed by atoms with van der Waals surface area (Å²) in [6.07, 6.45) is 0. The summed E-state index contributed by atoms with van der Waals surface area (Å²) >= 11 is 0. The third-order valence-corrected chi connectivity index (χ3v) is 7.19. The van der Waals surface area contributed by atoms with Crippen LogP contribution < -0.4 is 0 Å². The molecule has 0 saturated carbocycles. The van der Waals surface area contributed by atoms with Gasteiger partial charge in [-0.05, 0) is 25.1 Å². The Morgan fingerprint density at radius 1 is 1.27 bits per heavy atom. The van der Waals surface area contributed by atoms with E-state index in [9.17, 15) is 0 Å². The molecule has 15 heavy (non-hydrogen) atoms. The van der Waals surface area contributed by atoms with Crippen LogP contribution in [0.4, 0.5) is 0 Å². The van der Waals surface area contributed by atoms with E-state index in [-0.39, 0.29) is 5.04 Å². The van der Waals surface area contributed by atoms with Gasteiger partial charge in [0.1, 0.15) is 18.6 Å². The van der Waals surface area contributed by atoms with Crippen LogP contribution in [0.25, 0.3) is 0 Å². The van der Waals surface area contributed by atoms with Gasteiger partial charge in [-0.1, -0.05) is 32.5 Å². The van der Waals surface area contributed by atoms with Gasteiger partial charge in [0.25, 0.3) is 8.32 Å². The molecule has 0 aliphatic heterocycles. The van der Waals surface area contributed by atoms with E-state index in [0.717, 1.165) is 0 Å². The molecule has 0 spiro atoms. The van der Waals surface area contributed by atoms with Crippen molar-refractivity contribution in [3.05, 3.63) is 12.3 Å². The van der Waals surface area contributed by atoms with Crippen LogP contribution in [0.15, 0.2) is 17.5 Å². The highest BCUT2D eigenvalue weighted by atomic mass is 28.4. The van der Waals surface area contributed by atoms with Crippen molar-refractivity contribution in [3.8, 4) is 0 Å². The average Bonchev–Trinajstić information content (AvgIpc) is 2.01. The Morgan fingerprint density at radius 3 is 2.07 bits per heavy atom. The Bertz CT molecular complexity index is 264. The van der Waals surface area contributed by atoms with Crippen LogP contribution in [0.1, 0.15) is 27.7 Å². The third kappa shape index (κ3) is 4.07. The van der Waals surface area contributed by atoms with E-state index in [4.69, 9.17) is 4.43 Å². The molecule has 0 aromatic carbocycles. The molecule has 3 nitrogen and oxygen atoms in total. The lowest BCUT2D eigenvalue weighted by molar-refractivity contribution is 0.212. The summed E-state index contributed by atoms with van der Waals surface area (Å²) in [5, 5.41) is 3.97. The van der Waals surface area contributed by atoms with Crippen molar-refractivity contribution in [1.29, 1.82) is 0 Å². The van der Waals surface area contributed by atoms with Gasteiger partial charge in [-0.3, -0.25) is 0 Å². The fraction of sp³-hybridized carbons (Fsp3) is 0.727. The maximum absolute atomic E-state index is 5.95. The normalized spacial score (nSPS) is 13.7. The summed E-state index contributed by atoms with van der Waals surface area (Å²) in [5.74, 6) is 0.614. The molecule has 0 atom stereocenters. The van der Waals surface area contributed by atoms with E-state index in [1.807, 2.05) is 6.92 Å². The van der Waals surface area contributed by atoms with Crippen LogP contribution >= 0.6 is 0 Å². The van der Waals surface area contributed by atoms with Crippen LogP contribution in [0.2, 0.25) is 18.1 Å². The summed E-state index contributed by atoms with van der Waals surface area (Å²) in [4.78, 5) is 4.69. The maximum atomic E-state index is 5.95. The number of hydrogen-bond donors (Lipinski definition) is 0. The molecule has 0 rings (SSSR count). The predicted octanol–water partition coefficient (Wildman–Crippen LogP) is 3.54. The van der Waals surface area contributed by atoms with Crippen molar-refractivity contribution in [1.82, 2.24) is 0 Å². The molecule has 0 aliphatic carbocycles. The Labute approximate surface area is 94.3 Å². The highest BCUT2D eigenvalue weighted by molar-refractivity contribution is 6.74. The summed E-state index contributed by atoms with van der Waals surface area (Å²) in [5.41, 5.74) is 0.697. The number of oxime groups is 1. The monoisotopic (exact) mass is 229 g/mol. The maximum Gasteiger partial charge on any atom is 0.250 e. The summed E-state index contributed by atoms with van der Waals surface area (Å²) in [7, 11) is -0.279. The zero-order valence-electron chi connectivity index (χ0n) is 11.0. The lowest BCUT2D eigenvalue weighted by Crippen LogP contribution is -2.41. The first-order chi connectivity index (χ1) is 6.62. The Morgan fingerprint density at radius 2 is 1.73 bits per heavy atom. The van der Waals surface area contributed by atoms with Gasteiger partial charge in [0, 0.05) is 0 Å². The standard InChI is InChI=1S/C11H23NO2Si/c1-9(12-13-6)10(2)14-15(7,8)11(3,4)5/h2H2,1,3-8H3. The molecule has 0 N–H and O–H groups in total. The van der Waals surface area contributed by atoms with Crippen molar-refractivity contribution in [2.24, 2.45) is 5.16 Å². The molecule has 0 amide bonds. The van der Waals surface area contributed by atoms with Crippen molar-refractivity contribution in [2.45, 2.75) is 45.8 Å². The van der Waals surface area contributed by atoms with Crippen LogP contribution in [0, 0.1) is 0 Å². The first-order valence-electron chi connectivity index (χ1n) is 5.08. The first-order valence-corrected chi connectivity index (χ1v) is 7.98. The number of nitrogens with zero attached hydrogens (tertiary/aromatic N) is 1. The van der Waals surface area contributed by atoms with Gasteiger partial charge < -0.3 is 9.26 Å². The second-order valence-corrected chi connectivity index (χ2v) is 9.87. The fourth-order valence-electron chi connectivity index (χ4n) is 0.723. The molecule has 88 valence electrons. The second-order valence-electron chi connectivity index (χ2n) is 5.14. The van der Waals surface area contributed by atoms with Gasteiger partial charge in [-0.2, -0.15) is 0 Å². The first kappa shape index (κ1) is 14.2. The molecule has 0 radical (unpaired) electrons. The zero-order valence-corrected chi connectivity index (χ0v) is 12.0. The molecule has 0 unspecified atom stereocenters. The van der Waals surface area contributed by atoms with Crippen molar-refractivity contribution in [2.75, 3.05) is 7.11 Å². The van der Waals surface area contributed by atoms with Crippen LogP contribution in [0.5, 0.6) is 0 Å². The summed E-state index contributed by atoms with van der Waals surface area (Å²) in [6.45, 7) is 16.6. The van der Waals surface area contributed by atoms with Gasteiger partial charge in [-0.15, -0.1) is 0 Å². The summed E-state index contributed by atoms with van der Waals surface area (Å²) in [6, 6.07) is 0. The van der Waals surface area contributed by atoms with Gasteiger partial charge >= 0.3 is 0 Å². The van der Waals surface area contributed by atoms with Crippen LogP contribution in [-0.4, -0.2) is 21.1 Å². The average molecular weight is 229 g/mol. The van der Waals surface area contributed by atoms with Gasteiger partial charge in [0.15, 0.2) is 0 Å². The van der Waals surface area contributed by atoms with E-state index >= 15 is 0 Å². The van der Waals surface area contributed by atoms with E-state index in [2.05, 4.69) is 50.4 Å². The molecule has 4 heteroatoms. The van der Waals surface area contributed by atoms with E-state index < -0.39 is 8.32 Å². The second kappa shape index (κ2) is 4.83. The summed E-state index contributed by atoms with van der Waals surface area (Å²) < 4.78 is 5.95. The minimum atomic E-state index is -1.80. The molecule has 0 aromatic heterocycles. The van der Waals surface area contributed by atoms with E-state index in [1.165, 1.54) is 7.11 Å². The lowest BCUT2D eigenvalue weighted by atomic mass is 10.2. The van der Waals surface area contributed by atoms with Gasteiger partial charge in [-0.25, -0.2) is 0 Å². The minimum absolute atomic E-state index is 0.170. The topological polar surface area (TPSA) is 30.8 Å².